The highest BCUT2D eigenvalue weighted by molar-refractivity contribution is 7.10. The molecule has 3 rings (SSSR count). The SMILES string of the molecule is CC/C(=N\NC(=O)C1CC(c2cccs2)NN1)c1ccccc1. The number of hydrazone groups is 1. The van der Waals surface area contributed by atoms with Gasteiger partial charge in [-0.05, 0) is 29.9 Å². The minimum Gasteiger partial charge on any atom is -0.271 e. The van der Waals surface area contributed by atoms with Gasteiger partial charge in [0.25, 0.3) is 5.91 Å². The Balaban J connectivity index is 1.60. The van der Waals surface area contributed by atoms with Crippen LogP contribution >= 0.6 is 11.3 Å². The van der Waals surface area contributed by atoms with Gasteiger partial charge in [0.05, 0.1) is 11.8 Å². The van der Waals surface area contributed by atoms with Gasteiger partial charge >= 0.3 is 0 Å². The number of nitrogens with one attached hydrogen (secondary N) is 3. The molecular formula is C17H20N4OS. The van der Waals surface area contributed by atoms with Crippen LogP contribution in [-0.2, 0) is 4.79 Å². The van der Waals surface area contributed by atoms with Crippen molar-refractivity contribution in [2.24, 2.45) is 5.10 Å². The molecule has 1 saturated heterocycles. The first-order valence-electron chi connectivity index (χ1n) is 7.74. The Morgan fingerprint density at radius 1 is 1.26 bits per heavy atom. The molecule has 1 aromatic heterocycles. The molecule has 2 heterocycles. The summed E-state index contributed by atoms with van der Waals surface area (Å²) < 4.78 is 0. The van der Waals surface area contributed by atoms with E-state index < -0.39 is 0 Å². The summed E-state index contributed by atoms with van der Waals surface area (Å²) in [5.74, 6) is -0.113. The zero-order valence-electron chi connectivity index (χ0n) is 13.0. The summed E-state index contributed by atoms with van der Waals surface area (Å²) in [4.78, 5) is 13.5. The molecule has 2 aromatic rings. The van der Waals surface area contributed by atoms with Crippen molar-refractivity contribution in [3.05, 3.63) is 58.3 Å². The van der Waals surface area contributed by atoms with Crippen LogP contribution in [0.5, 0.6) is 0 Å². The predicted molar refractivity (Wildman–Crippen MR) is 93.1 cm³/mol. The summed E-state index contributed by atoms with van der Waals surface area (Å²) >= 11 is 1.69. The third-order valence-electron chi connectivity index (χ3n) is 3.85. The Kier molecular flexibility index (Phi) is 5.17. The van der Waals surface area contributed by atoms with Crippen molar-refractivity contribution in [2.45, 2.75) is 31.8 Å². The number of carbonyl (C=O) groups is 1. The number of benzene rings is 1. The second-order valence-corrected chi connectivity index (χ2v) is 6.38. The molecule has 1 aliphatic heterocycles. The van der Waals surface area contributed by atoms with Crippen molar-refractivity contribution < 1.29 is 4.79 Å². The normalized spacial score (nSPS) is 21.3. The Labute approximate surface area is 139 Å². The van der Waals surface area contributed by atoms with Crippen LogP contribution in [0.2, 0.25) is 0 Å². The zero-order chi connectivity index (χ0) is 16.1. The van der Waals surface area contributed by atoms with E-state index in [1.54, 1.807) is 11.3 Å². The van der Waals surface area contributed by atoms with Crippen LogP contribution in [0.4, 0.5) is 0 Å². The molecule has 1 fully saturated rings. The maximum Gasteiger partial charge on any atom is 0.258 e. The zero-order valence-corrected chi connectivity index (χ0v) is 13.8. The molecule has 0 radical (unpaired) electrons. The van der Waals surface area contributed by atoms with E-state index in [1.165, 1.54) is 4.88 Å². The number of amides is 1. The summed E-state index contributed by atoms with van der Waals surface area (Å²) in [6.07, 6.45) is 1.48. The standard InChI is InChI=1S/C17H20N4OS/c1-2-13(12-7-4-3-5-8-12)18-21-17(22)15-11-14(19-20-15)16-9-6-10-23-16/h3-10,14-15,19-20H,2,11H2,1H3,(H,21,22)/b18-13+. The molecule has 0 aliphatic carbocycles. The van der Waals surface area contributed by atoms with Gasteiger partial charge in [-0.3, -0.25) is 4.79 Å². The fraction of sp³-hybridized carbons (Fsp3) is 0.294. The maximum atomic E-state index is 12.3. The monoisotopic (exact) mass is 328 g/mol. The van der Waals surface area contributed by atoms with Crippen LogP contribution in [0.3, 0.4) is 0 Å². The second kappa shape index (κ2) is 7.50. The summed E-state index contributed by atoms with van der Waals surface area (Å²) in [5.41, 5.74) is 10.8. The van der Waals surface area contributed by atoms with Gasteiger partial charge in [-0.15, -0.1) is 11.3 Å². The Bertz CT molecular complexity index is 669. The van der Waals surface area contributed by atoms with Crippen molar-refractivity contribution in [2.75, 3.05) is 0 Å². The van der Waals surface area contributed by atoms with Gasteiger partial charge in [-0.2, -0.15) is 5.10 Å². The molecule has 1 aliphatic rings. The molecule has 3 N–H and O–H groups in total. The first kappa shape index (κ1) is 15.9. The number of hydrogen-bond donors (Lipinski definition) is 3. The average Bonchev–Trinajstić information content (AvgIpc) is 3.27. The lowest BCUT2D eigenvalue weighted by Gasteiger charge is -2.09. The number of nitrogens with zero attached hydrogens (tertiary/aromatic N) is 1. The fourth-order valence-electron chi connectivity index (χ4n) is 2.58. The van der Waals surface area contributed by atoms with E-state index in [1.807, 2.05) is 48.7 Å². The molecule has 23 heavy (non-hydrogen) atoms. The van der Waals surface area contributed by atoms with E-state index in [0.29, 0.717) is 6.42 Å². The number of hydrogen-bond acceptors (Lipinski definition) is 5. The van der Waals surface area contributed by atoms with Crippen molar-refractivity contribution in [3.63, 3.8) is 0 Å². The van der Waals surface area contributed by atoms with Gasteiger partial charge in [-0.25, -0.2) is 16.3 Å². The lowest BCUT2D eigenvalue weighted by atomic mass is 10.1. The van der Waals surface area contributed by atoms with E-state index in [-0.39, 0.29) is 18.0 Å². The molecule has 120 valence electrons. The van der Waals surface area contributed by atoms with E-state index in [0.717, 1.165) is 17.7 Å². The molecule has 0 spiro atoms. The minimum atomic E-state index is -0.278. The van der Waals surface area contributed by atoms with Crippen molar-refractivity contribution in [1.29, 1.82) is 0 Å². The molecule has 0 saturated carbocycles. The third kappa shape index (κ3) is 3.85. The lowest BCUT2D eigenvalue weighted by molar-refractivity contribution is -0.122. The highest BCUT2D eigenvalue weighted by Gasteiger charge is 2.30. The van der Waals surface area contributed by atoms with E-state index in [4.69, 9.17) is 0 Å². The van der Waals surface area contributed by atoms with Crippen LogP contribution < -0.4 is 16.3 Å². The third-order valence-corrected chi connectivity index (χ3v) is 4.84. The molecule has 6 heteroatoms. The van der Waals surface area contributed by atoms with E-state index in [2.05, 4.69) is 27.4 Å². The second-order valence-electron chi connectivity index (χ2n) is 5.40. The van der Waals surface area contributed by atoms with E-state index in [9.17, 15) is 4.79 Å². The summed E-state index contributed by atoms with van der Waals surface area (Å²) in [6.45, 7) is 2.03. The smallest absolute Gasteiger partial charge is 0.258 e. The quantitative estimate of drug-likeness (QED) is 0.584. The van der Waals surface area contributed by atoms with Gasteiger partial charge < -0.3 is 0 Å². The first-order valence-corrected chi connectivity index (χ1v) is 8.62. The molecule has 1 amide bonds. The summed E-state index contributed by atoms with van der Waals surface area (Å²) in [6, 6.07) is 13.9. The molecule has 0 bridgehead atoms. The summed E-state index contributed by atoms with van der Waals surface area (Å²) in [5, 5.41) is 6.34. The van der Waals surface area contributed by atoms with Crippen LogP contribution in [0.15, 0.2) is 52.9 Å². The largest absolute Gasteiger partial charge is 0.271 e. The Hall–Kier alpha value is -2.02. The van der Waals surface area contributed by atoms with E-state index >= 15 is 0 Å². The van der Waals surface area contributed by atoms with Crippen LogP contribution in [0, 0.1) is 0 Å². The van der Waals surface area contributed by atoms with Gasteiger partial charge in [0.1, 0.15) is 6.04 Å². The lowest BCUT2D eigenvalue weighted by Crippen LogP contribution is -2.41. The number of rotatable bonds is 5. The maximum absolute atomic E-state index is 12.3. The average molecular weight is 328 g/mol. The van der Waals surface area contributed by atoms with Crippen LogP contribution in [0.1, 0.15) is 36.2 Å². The van der Waals surface area contributed by atoms with Gasteiger partial charge in [-0.1, -0.05) is 43.3 Å². The van der Waals surface area contributed by atoms with Gasteiger partial charge in [0, 0.05) is 4.88 Å². The van der Waals surface area contributed by atoms with Gasteiger partial charge in [0.2, 0.25) is 0 Å². The molecule has 2 atom stereocenters. The van der Waals surface area contributed by atoms with Crippen LogP contribution in [-0.4, -0.2) is 17.7 Å². The Morgan fingerprint density at radius 3 is 2.78 bits per heavy atom. The fourth-order valence-corrected chi connectivity index (χ4v) is 3.37. The predicted octanol–water partition coefficient (Wildman–Crippen LogP) is 2.59. The topological polar surface area (TPSA) is 65.5 Å². The molecule has 1 aromatic carbocycles. The highest BCUT2D eigenvalue weighted by Crippen LogP contribution is 2.25. The molecular weight excluding hydrogens is 308 g/mol. The van der Waals surface area contributed by atoms with Crippen molar-refractivity contribution in [3.8, 4) is 0 Å². The summed E-state index contributed by atoms with van der Waals surface area (Å²) in [7, 11) is 0. The number of hydrazine groups is 1. The highest BCUT2D eigenvalue weighted by atomic mass is 32.1. The molecule has 5 nitrogen and oxygen atoms in total. The van der Waals surface area contributed by atoms with Crippen molar-refractivity contribution in [1.82, 2.24) is 16.3 Å². The first-order chi connectivity index (χ1) is 11.3. The minimum absolute atomic E-state index is 0.113. The number of carbonyl (C=O) groups excluding carboxylic acids is 1. The van der Waals surface area contributed by atoms with Gasteiger partial charge in [0.15, 0.2) is 0 Å². The molecule has 2 unspecified atom stereocenters. The van der Waals surface area contributed by atoms with Crippen molar-refractivity contribution >= 4 is 23.0 Å². The number of thiophene rings is 1. The van der Waals surface area contributed by atoms with Crippen LogP contribution in [0.25, 0.3) is 0 Å². The Morgan fingerprint density at radius 2 is 2.09 bits per heavy atom.